The maximum absolute atomic E-state index is 11.8. The third-order valence-electron chi connectivity index (χ3n) is 4.15. The van der Waals surface area contributed by atoms with Crippen LogP contribution in [0.3, 0.4) is 0 Å². The molecule has 1 fully saturated rings. The first-order valence-corrected chi connectivity index (χ1v) is 6.06. The number of carbonyl (C=O) groups is 3. The average molecular weight is 248 g/mol. The third-order valence-corrected chi connectivity index (χ3v) is 4.15. The van der Waals surface area contributed by atoms with E-state index in [-0.39, 0.29) is 29.5 Å². The van der Waals surface area contributed by atoms with Crippen LogP contribution in [0.15, 0.2) is 23.3 Å². The Hall–Kier alpha value is -1.71. The first-order valence-electron chi connectivity index (χ1n) is 6.06. The molecule has 4 nitrogen and oxygen atoms in total. The Morgan fingerprint density at radius 3 is 2.72 bits per heavy atom. The number of allylic oxidation sites excluding steroid dienone is 3. The number of aliphatic carboxylic acids is 1. The minimum Gasteiger partial charge on any atom is -0.481 e. The summed E-state index contributed by atoms with van der Waals surface area (Å²) in [5.41, 5.74) is 0.748. The molecule has 0 radical (unpaired) electrons. The molecule has 0 aromatic rings. The van der Waals surface area contributed by atoms with Crippen LogP contribution in [0, 0.1) is 11.3 Å². The summed E-state index contributed by atoms with van der Waals surface area (Å²) in [6, 6.07) is 0. The van der Waals surface area contributed by atoms with E-state index in [1.165, 1.54) is 6.08 Å². The van der Waals surface area contributed by atoms with Crippen molar-refractivity contribution in [2.75, 3.05) is 0 Å². The molecule has 0 aromatic heterocycles. The van der Waals surface area contributed by atoms with Crippen LogP contribution in [0.5, 0.6) is 0 Å². The SMILES string of the molecule is C[C@H]1C(=O)CCC2=CC(=O)C(CC(=O)O)=C[C@@]21C. The number of carboxylic acid groups (broad SMARTS) is 1. The van der Waals surface area contributed by atoms with Crippen LogP contribution in [-0.4, -0.2) is 22.6 Å². The molecule has 2 atom stereocenters. The van der Waals surface area contributed by atoms with E-state index >= 15 is 0 Å². The maximum Gasteiger partial charge on any atom is 0.307 e. The highest BCUT2D eigenvalue weighted by molar-refractivity contribution is 6.08. The summed E-state index contributed by atoms with van der Waals surface area (Å²) in [6.07, 6.45) is 4.01. The Morgan fingerprint density at radius 2 is 2.11 bits per heavy atom. The van der Waals surface area contributed by atoms with Gasteiger partial charge in [-0.2, -0.15) is 0 Å². The second-order valence-electron chi connectivity index (χ2n) is 5.24. The van der Waals surface area contributed by atoms with Gasteiger partial charge in [-0.25, -0.2) is 0 Å². The van der Waals surface area contributed by atoms with Crippen LogP contribution in [-0.2, 0) is 14.4 Å². The molecule has 2 aliphatic rings. The molecule has 96 valence electrons. The molecule has 2 aliphatic carbocycles. The van der Waals surface area contributed by atoms with E-state index in [9.17, 15) is 14.4 Å². The van der Waals surface area contributed by atoms with Crippen LogP contribution < -0.4 is 0 Å². The lowest BCUT2D eigenvalue weighted by Crippen LogP contribution is -2.38. The molecule has 0 aliphatic heterocycles. The van der Waals surface area contributed by atoms with Gasteiger partial charge in [-0.3, -0.25) is 14.4 Å². The van der Waals surface area contributed by atoms with Crippen molar-refractivity contribution in [1.29, 1.82) is 0 Å². The lowest BCUT2D eigenvalue weighted by atomic mass is 9.61. The van der Waals surface area contributed by atoms with Crippen molar-refractivity contribution in [2.24, 2.45) is 11.3 Å². The second kappa shape index (κ2) is 4.19. The van der Waals surface area contributed by atoms with E-state index in [1.54, 1.807) is 6.08 Å². The highest BCUT2D eigenvalue weighted by Gasteiger charge is 2.43. The fraction of sp³-hybridized carbons (Fsp3) is 0.500. The van der Waals surface area contributed by atoms with Gasteiger partial charge < -0.3 is 5.11 Å². The van der Waals surface area contributed by atoms with Gasteiger partial charge in [0.2, 0.25) is 0 Å². The molecule has 4 heteroatoms. The molecular weight excluding hydrogens is 232 g/mol. The molecule has 1 N–H and O–H groups in total. The molecule has 0 bridgehead atoms. The minimum atomic E-state index is -1.02. The van der Waals surface area contributed by atoms with Crippen molar-refractivity contribution >= 4 is 17.5 Å². The standard InChI is InChI=1S/C14H16O4/c1-8-11(15)4-3-10-6-12(16)9(5-13(17)18)7-14(8,10)2/h6-8H,3-5H2,1-2H3,(H,17,18)/t8-,14+/m0/s1. The lowest BCUT2D eigenvalue weighted by Gasteiger charge is -2.41. The van der Waals surface area contributed by atoms with Crippen molar-refractivity contribution < 1.29 is 19.5 Å². The van der Waals surface area contributed by atoms with Crippen molar-refractivity contribution in [3.05, 3.63) is 23.3 Å². The van der Waals surface area contributed by atoms with Gasteiger partial charge in [-0.15, -0.1) is 0 Å². The van der Waals surface area contributed by atoms with Crippen molar-refractivity contribution in [3.8, 4) is 0 Å². The van der Waals surface area contributed by atoms with Crippen LogP contribution in [0.4, 0.5) is 0 Å². The number of rotatable bonds is 2. The van der Waals surface area contributed by atoms with Gasteiger partial charge in [0, 0.05) is 23.3 Å². The zero-order valence-electron chi connectivity index (χ0n) is 10.5. The second-order valence-corrected chi connectivity index (χ2v) is 5.24. The van der Waals surface area contributed by atoms with Crippen LogP contribution >= 0.6 is 0 Å². The van der Waals surface area contributed by atoms with Crippen LogP contribution in [0.1, 0.15) is 33.1 Å². The number of hydrogen-bond acceptors (Lipinski definition) is 3. The van der Waals surface area contributed by atoms with Crippen molar-refractivity contribution in [2.45, 2.75) is 33.1 Å². The van der Waals surface area contributed by atoms with Crippen LogP contribution in [0.25, 0.3) is 0 Å². The number of carboxylic acids is 1. The topological polar surface area (TPSA) is 71.4 Å². The van der Waals surface area contributed by atoms with E-state index in [0.717, 1.165) is 5.57 Å². The van der Waals surface area contributed by atoms with Gasteiger partial charge in [0.15, 0.2) is 5.78 Å². The fourth-order valence-electron chi connectivity index (χ4n) is 2.79. The maximum atomic E-state index is 11.8. The smallest absolute Gasteiger partial charge is 0.307 e. The largest absolute Gasteiger partial charge is 0.481 e. The highest BCUT2D eigenvalue weighted by atomic mass is 16.4. The molecule has 0 heterocycles. The van der Waals surface area contributed by atoms with E-state index < -0.39 is 11.4 Å². The summed E-state index contributed by atoms with van der Waals surface area (Å²) in [5.74, 6) is -1.28. The van der Waals surface area contributed by atoms with Gasteiger partial charge in [0.1, 0.15) is 5.78 Å². The lowest BCUT2D eigenvalue weighted by molar-refractivity contribution is -0.136. The number of fused-ring (bicyclic) bond motifs is 1. The Kier molecular flexibility index (Phi) is 2.97. The zero-order valence-corrected chi connectivity index (χ0v) is 10.5. The monoisotopic (exact) mass is 248 g/mol. The summed E-state index contributed by atoms with van der Waals surface area (Å²) in [6.45, 7) is 3.76. The Labute approximate surface area is 105 Å². The first-order chi connectivity index (χ1) is 8.34. The van der Waals surface area contributed by atoms with Crippen LogP contribution in [0.2, 0.25) is 0 Å². The Balaban J connectivity index is 2.42. The zero-order chi connectivity index (χ0) is 13.5. The molecule has 0 saturated heterocycles. The summed E-state index contributed by atoms with van der Waals surface area (Å²) < 4.78 is 0. The molecular formula is C14H16O4. The Morgan fingerprint density at radius 1 is 1.44 bits per heavy atom. The van der Waals surface area contributed by atoms with Gasteiger partial charge in [0.25, 0.3) is 0 Å². The van der Waals surface area contributed by atoms with Gasteiger partial charge >= 0.3 is 5.97 Å². The molecule has 1 saturated carbocycles. The average Bonchev–Trinajstić information content (AvgIpc) is 2.28. The number of ketones is 2. The van der Waals surface area contributed by atoms with E-state index in [4.69, 9.17) is 5.11 Å². The molecule has 18 heavy (non-hydrogen) atoms. The summed E-state index contributed by atoms with van der Waals surface area (Å²) in [7, 11) is 0. The van der Waals surface area contributed by atoms with E-state index in [1.807, 2.05) is 13.8 Å². The number of Topliss-reactive ketones (excluding diaryl/α,β-unsaturated/α-hetero) is 1. The first kappa shape index (κ1) is 12.7. The molecule has 2 rings (SSSR count). The Bertz CT molecular complexity index is 498. The number of hydrogen-bond donors (Lipinski definition) is 1. The third kappa shape index (κ3) is 1.92. The van der Waals surface area contributed by atoms with E-state index in [0.29, 0.717) is 12.8 Å². The minimum absolute atomic E-state index is 0.176. The van der Waals surface area contributed by atoms with Gasteiger partial charge in [-0.1, -0.05) is 25.5 Å². The molecule has 0 unspecified atom stereocenters. The fourth-order valence-corrected chi connectivity index (χ4v) is 2.79. The summed E-state index contributed by atoms with van der Waals surface area (Å²) >= 11 is 0. The van der Waals surface area contributed by atoms with Gasteiger partial charge in [0.05, 0.1) is 6.42 Å². The molecule has 0 aromatic carbocycles. The predicted molar refractivity (Wildman–Crippen MR) is 64.9 cm³/mol. The van der Waals surface area contributed by atoms with Crippen molar-refractivity contribution in [3.63, 3.8) is 0 Å². The predicted octanol–water partition coefficient (Wildman–Crippen LogP) is 1.90. The van der Waals surface area contributed by atoms with Crippen molar-refractivity contribution in [1.82, 2.24) is 0 Å². The summed E-state index contributed by atoms with van der Waals surface area (Å²) in [4.78, 5) is 34.4. The summed E-state index contributed by atoms with van der Waals surface area (Å²) in [5, 5.41) is 8.80. The normalized spacial score (nSPS) is 31.6. The highest BCUT2D eigenvalue weighted by Crippen LogP contribution is 2.47. The molecule has 0 spiro atoms. The quantitative estimate of drug-likeness (QED) is 0.810. The van der Waals surface area contributed by atoms with E-state index in [2.05, 4.69) is 0 Å². The van der Waals surface area contributed by atoms with Gasteiger partial charge in [-0.05, 0) is 12.5 Å². The number of carbonyl (C=O) groups excluding carboxylic acids is 2. The molecule has 0 amide bonds.